The lowest BCUT2D eigenvalue weighted by Crippen LogP contribution is -2.40. The number of anilines is 1. The van der Waals surface area contributed by atoms with E-state index in [4.69, 9.17) is 17.4 Å². The monoisotopic (exact) mass is 346 g/mol. The predicted molar refractivity (Wildman–Crippen MR) is 90.5 cm³/mol. The highest BCUT2D eigenvalue weighted by atomic mass is 35.5. The van der Waals surface area contributed by atoms with E-state index in [-0.39, 0.29) is 12.1 Å². The molecule has 0 fully saturated rings. The van der Waals surface area contributed by atoms with E-state index in [1.165, 1.54) is 12.1 Å². The van der Waals surface area contributed by atoms with Gasteiger partial charge in [0.05, 0.1) is 17.8 Å². The second kappa shape index (κ2) is 8.09. The zero-order valence-corrected chi connectivity index (χ0v) is 13.3. The summed E-state index contributed by atoms with van der Waals surface area (Å²) in [7, 11) is 0. The Labute approximate surface area is 143 Å². The molecule has 0 saturated carbocycles. The summed E-state index contributed by atoms with van der Waals surface area (Å²) < 4.78 is 0. The molecule has 124 valence electrons. The van der Waals surface area contributed by atoms with Crippen LogP contribution in [0, 0.1) is 0 Å². The number of nitrogens with one attached hydrogen (secondary N) is 3. The fraction of sp³-hybridized carbons (Fsp3) is 0.0625. The molecule has 0 bridgehead atoms. The Kier molecular flexibility index (Phi) is 5.89. The van der Waals surface area contributed by atoms with Crippen molar-refractivity contribution in [2.45, 2.75) is 0 Å². The third-order valence-corrected chi connectivity index (χ3v) is 3.31. The molecule has 0 spiro atoms. The normalized spacial score (nSPS) is 9.92. The van der Waals surface area contributed by atoms with Crippen molar-refractivity contribution in [3.63, 3.8) is 0 Å². The molecular formula is C16H15ClN4O3. The van der Waals surface area contributed by atoms with Crippen molar-refractivity contribution in [3.8, 4) is 0 Å². The second-order valence-electron chi connectivity index (χ2n) is 4.76. The first-order valence-electron chi connectivity index (χ1n) is 6.95. The maximum absolute atomic E-state index is 12.3. The summed E-state index contributed by atoms with van der Waals surface area (Å²) >= 11 is 5.87. The lowest BCUT2D eigenvalue weighted by Gasteiger charge is -2.11. The molecule has 5 N–H and O–H groups in total. The number of amides is 3. The first-order valence-corrected chi connectivity index (χ1v) is 7.32. The summed E-state index contributed by atoms with van der Waals surface area (Å²) in [6.07, 6.45) is 0. The molecule has 0 heterocycles. The summed E-state index contributed by atoms with van der Waals surface area (Å²) in [5, 5.41) is 5.49. The maximum atomic E-state index is 12.3. The van der Waals surface area contributed by atoms with Gasteiger partial charge < -0.3 is 10.6 Å². The van der Waals surface area contributed by atoms with Crippen LogP contribution < -0.4 is 21.9 Å². The van der Waals surface area contributed by atoms with Gasteiger partial charge in [0.2, 0.25) is 0 Å². The first-order chi connectivity index (χ1) is 11.5. The Hall–Kier alpha value is -2.90. The molecule has 0 aliphatic carbocycles. The van der Waals surface area contributed by atoms with Crippen LogP contribution in [-0.4, -0.2) is 24.3 Å². The van der Waals surface area contributed by atoms with Gasteiger partial charge in [-0.05, 0) is 30.3 Å². The number of carbonyl (C=O) groups is 3. The van der Waals surface area contributed by atoms with Crippen molar-refractivity contribution in [3.05, 3.63) is 64.7 Å². The molecule has 0 aliphatic heterocycles. The van der Waals surface area contributed by atoms with E-state index in [9.17, 15) is 14.4 Å². The largest absolute Gasteiger partial charge is 0.343 e. The van der Waals surface area contributed by atoms with Gasteiger partial charge in [0.1, 0.15) is 0 Å². The zero-order valence-electron chi connectivity index (χ0n) is 12.5. The summed E-state index contributed by atoms with van der Waals surface area (Å²) in [5.74, 6) is 3.49. The third-order valence-electron chi connectivity index (χ3n) is 3.08. The SMILES string of the molecule is NNC(=O)CNC(=O)c1ccccc1NC(=O)c1cccc(Cl)c1. The van der Waals surface area contributed by atoms with Crippen LogP contribution in [0.3, 0.4) is 0 Å². The van der Waals surface area contributed by atoms with E-state index in [1.807, 2.05) is 5.43 Å². The van der Waals surface area contributed by atoms with Gasteiger partial charge in [0.25, 0.3) is 17.7 Å². The molecule has 0 saturated heterocycles. The Balaban J connectivity index is 2.15. The minimum atomic E-state index is -0.538. The van der Waals surface area contributed by atoms with E-state index < -0.39 is 17.7 Å². The number of hydrogen-bond acceptors (Lipinski definition) is 4. The molecule has 24 heavy (non-hydrogen) atoms. The van der Waals surface area contributed by atoms with Gasteiger partial charge in [-0.2, -0.15) is 0 Å². The molecule has 3 amide bonds. The summed E-state index contributed by atoms with van der Waals surface area (Å²) in [5.41, 5.74) is 2.80. The van der Waals surface area contributed by atoms with Gasteiger partial charge >= 0.3 is 0 Å². The lowest BCUT2D eigenvalue weighted by atomic mass is 10.1. The van der Waals surface area contributed by atoms with Crippen molar-refractivity contribution in [1.82, 2.24) is 10.7 Å². The van der Waals surface area contributed by atoms with Gasteiger partial charge in [-0.3, -0.25) is 19.8 Å². The quantitative estimate of drug-likeness (QED) is 0.371. The van der Waals surface area contributed by atoms with Crippen LogP contribution in [-0.2, 0) is 4.79 Å². The van der Waals surface area contributed by atoms with Crippen LogP contribution in [0.15, 0.2) is 48.5 Å². The molecule has 2 aromatic rings. The van der Waals surface area contributed by atoms with Crippen molar-refractivity contribution < 1.29 is 14.4 Å². The van der Waals surface area contributed by atoms with Crippen molar-refractivity contribution in [2.75, 3.05) is 11.9 Å². The Morgan fingerprint density at radius 2 is 1.75 bits per heavy atom. The van der Waals surface area contributed by atoms with Crippen LogP contribution in [0.2, 0.25) is 5.02 Å². The molecule has 2 rings (SSSR count). The number of para-hydroxylation sites is 1. The molecule has 0 unspecified atom stereocenters. The number of hydrogen-bond donors (Lipinski definition) is 4. The van der Waals surface area contributed by atoms with Gasteiger partial charge in [-0.25, -0.2) is 5.84 Å². The van der Waals surface area contributed by atoms with E-state index >= 15 is 0 Å². The van der Waals surface area contributed by atoms with Crippen molar-refractivity contribution >= 4 is 35.0 Å². The van der Waals surface area contributed by atoms with Crippen LogP contribution in [0.5, 0.6) is 0 Å². The summed E-state index contributed by atoms with van der Waals surface area (Å²) in [6.45, 7) is -0.272. The Morgan fingerprint density at radius 1 is 1.00 bits per heavy atom. The number of hydrazine groups is 1. The second-order valence-corrected chi connectivity index (χ2v) is 5.20. The predicted octanol–water partition coefficient (Wildman–Crippen LogP) is 1.31. The first kappa shape index (κ1) is 17.5. The smallest absolute Gasteiger partial charge is 0.255 e. The number of nitrogens with two attached hydrogens (primary N) is 1. The number of rotatable bonds is 5. The highest BCUT2D eigenvalue weighted by Crippen LogP contribution is 2.17. The highest BCUT2D eigenvalue weighted by molar-refractivity contribution is 6.31. The molecule has 0 aromatic heterocycles. The molecule has 2 aromatic carbocycles. The number of carbonyl (C=O) groups excluding carboxylic acids is 3. The van der Waals surface area contributed by atoms with E-state index in [2.05, 4.69) is 10.6 Å². The van der Waals surface area contributed by atoms with E-state index in [0.29, 0.717) is 16.3 Å². The molecule has 0 radical (unpaired) electrons. The van der Waals surface area contributed by atoms with E-state index in [1.54, 1.807) is 36.4 Å². The van der Waals surface area contributed by atoms with Crippen LogP contribution in [0.25, 0.3) is 0 Å². The van der Waals surface area contributed by atoms with E-state index in [0.717, 1.165) is 0 Å². The van der Waals surface area contributed by atoms with Gasteiger partial charge in [0.15, 0.2) is 0 Å². The number of benzene rings is 2. The van der Waals surface area contributed by atoms with Crippen molar-refractivity contribution in [1.29, 1.82) is 0 Å². The van der Waals surface area contributed by atoms with Crippen LogP contribution in [0.1, 0.15) is 20.7 Å². The van der Waals surface area contributed by atoms with Gasteiger partial charge in [0, 0.05) is 10.6 Å². The lowest BCUT2D eigenvalue weighted by molar-refractivity contribution is -0.120. The molecule has 0 aliphatic rings. The molecular weight excluding hydrogens is 332 g/mol. The minimum absolute atomic E-state index is 0.220. The summed E-state index contributed by atoms with van der Waals surface area (Å²) in [4.78, 5) is 35.5. The highest BCUT2D eigenvalue weighted by Gasteiger charge is 2.14. The Bertz CT molecular complexity index is 779. The third kappa shape index (κ3) is 4.55. The molecule has 8 heteroatoms. The van der Waals surface area contributed by atoms with Crippen molar-refractivity contribution in [2.24, 2.45) is 5.84 Å². The fourth-order valence-corrected chi connectivity index (χ4v) is 2.11. The fourth-order valence-electron chi connectivity index (χ4n) is 1.92. The van der Waals surface area contributed by atoms with Crippen LogP contribution >= 0.6 is 11.6 Å². The standard InChI is InChI=1S/C16H15ClN4O3/c17-11-5-3-4-10(8-11)15(23)20-13-7-2-1-6-12(13)16(24)19-9-14(22)21-18/h1-8H,9,18H2,(H,19,24)(H,20,23)(H,21,22). The number of halogens is 1. The minimum Gasteiger partial charge on any atom is -0.343 e. The average molecular weight is 347 g/mol. The van der Waals surface area contributed by atoms with Gasteiger partial charge in [-0.15, -0.1) is 0 Å². The van der Waals surface area contributed by atoms with Crippen LogP contribution in [0.4, 0.5) is 5.69 Å². The molecule has 7 nitrogen and oxygen atoms in total. The summed E-state index contributed by atoms with van der Waals surface area (Å²) in [6, 6.07) is 12.9. The topological polar surface area (TPSA) is 113 Å². The zero-order chi connectivity index (χ0) is 17.5. The average Bonchev–Trinajstić information content (AvgIpc) is 2.59. The Morgan fingerprint density at radius 3 is 2.46 bits per heavy atom. The molecule has 0 atom stereocenters. The van der Waals surface area contributed by atoms with Gasteiger partial charge in [-0.1, -0.05) is 29.8 Å². The maximum Gasteiger partial charge on any atom is 0.255 e.